The summed E-state index contributed by atoms with van der Waals surface area (Å²) < 4.78 is 48.1. The summed E-state index contributed by atoms with van der Waals surface area (Å²) in [6.45, 7) is 5.20. The van der Waals surface area contributed by atoms with Gasteiger partial charge < -0.3 is 14.2 Å². The first-order valence-corrected chi connectivity index (χ1v) is 13.2. The van der Waals surface area contributed by atoms with Gasteiger partial charge >= 0.3 is 0 Å². The number of hydrogen-bond acceptors (Lipinski definition) is 10. The quantitative estimate of drug-likeness (QED) is 0.319. The van der Waals surface area contributed by atoms with Gasteiger partial charge in [-0.25, -0.2) is 18.4 Å². The third-order valence-electron chi connectivity index (χ3n) is 5.90. The molecule has 13 heteroatoms. The molecule has 0 bridgehead atoms. The zero-order chi connectivity index (χ0) is 27.4. The highest BCUT2D eigenvalue weighted by Gasteiger charge is 2.35. The van der Waals surface area contributed by atoms with Crippen LogP contribution < -0.4 is 14.2 Å². The molecule has 0 saturated carbocycles. The lowest BCUT2D eigenvalue weighted by atomic mass is 10.2. The van der Waals surface area contributed by atoms with Crippen molar-refractivity contribution in [3.8, 4) is 28.6 Å². The fourth-order valence-electron chi connectivity index (χ4n) is 3.93. The van der Waals surface area contributed by atoms with Gasteiger partial charge in [-0.3, -0.25) is 14.3 Å². The van der Waals surface area contributed by atoms with E-state index in [1.165, 1.54) is 28.3 Å². The molecule has 4 aromatic rings. The predicted molar refractivity (Wildman–Crippen MR) is 141 cm³/mol. The number of methoxy groups -OCH3 is 3. The van der Waals surface area contributed by atoms with E-state index in [0.29, 0.717) is 28.6 Å². The molecule has 0 aliphatic heterocycles. The Morgan fingerprint density at radius 3 is 2.18 bits per heavy atom. The van der Waals surface area contributed by atoms with Crippen molar-refractivity contribution in [1.29, 1.82) is 0 Å². The van der Waals surface area contributed by atoms with Crippen LogP contribution in [-0.2, 0) is 14.8 Å². The number of benzene rings is 1. The molecule has 0 radical (unpaired) electrons. The highest BCUT2D eigenvalue weighted by molar-refractivity contribution is 7.93. The van der Waals surface area contributed by atoms with E-state index in [1.54, 1.807) is 47.4 Å². The normalized spacial score (nSPS) is 13.1. The average molecular weight is 540 g/mol. The molecule has 0 amide bonds. The fraction of sp³-hybridized carbons (Fsp3) is 0.320. The molecule has 3 aromatic heterocycles. The van der Waals surface area contributed by atoms with Gasteiger partial charge in [0, 0.05) is 37.0 Å². The average Bonchev–Trinajstić information content (AvgIpc) is 3.31. The van der Waals surface area contributed by atoms with Crippen molar-refractivity contribution in [1.82, 2.24) is 29.7 Å². The molecular formula is C25H29N7O5S. The van der Waals surface area contributed by atoms with E-state index in [-0.39, 0.29) is 11.8 Å². The number of nitrogens with one attached hydrogen (secondary N) is 1. The molecule has 0 aliphatic carbocycles. The summed E-state index contributed by atoms with van der Waals surface area (Å²) in [5, 5.41) is 7.44. The molecule has 200 valence electrons. The second kappa shape index (κ2) is 11.1. The van der Waals surface area contributed by atoms with E-state index in [2.05, 4.69) is 29.9 Å². The molecule has 12 nitrogen and oxygen atoms in total. The van der Waals surface area contributed by atoms with Gasteiger partial charge in [-0.15, -0.1) is 10.2 Å². The Morgan fingerprint density at radius 1 is 0.947 bits per heavy atom. The van der Waals surface area contributed by atoms with Gasteiger partial charge in [0.1, 0.15) is 28.5 Å². The van der Waals surface area contributed by atoms with Gasteiger partial charge in [0.15, 0.2) is 11.6 Å². The van der Waals surface area contributed by atoms with Gasteiger partial charge in [-0.05, 0) is 50.6 Å². The molecule has 0 aliphatic rings. The van der Waals surface area contributed by atoms with E-state index in [1.807, 2.05) is 19.9 Å². The number of anilines is 1. The van der Waals surface area contributed by atoms with Crippen molar-refractivity contribution in [3.05, 3.63) is 66.0 Å². The maximum Gasteiger partial charge on any atom is 0.243 e. The maximum absolute atomic E-state index is 13.6. The SMILES string of the molecule is COc1cccc(OC)c1-n1c(NS(=O)(=O)C(C)C(OC)c2ncc(C)cn2)nnc1-c1ccnc(C)c1. The predicted octanol–water partition coefficient (Wildman–Crippen LogP) is 3.27. The Labute approximate surface area is 221 Å². The number of pyridine rings is 1. The third-order valence-corrected chi connectivity index (χ3v) is 7.60. The molecule has 4 rings (SSSR count). The number of nitrogens with zero attached hydrogens (tertiary/aromatic N) is 6. The van der Waals surface area contributed by atoms with E-state index in [4.69, 9.17) is 14.2 Å². The second-order valence-electron chi connectivity index (χ2n) is 8.51. The lowest BCUT2D eigenvalue weighted by Crippen LogP contribution is -2.33. The van der Waals surface area contributed by atoms with Crippen LogP contribution in [0.3, 0.4) is 0 Å². The number of aromatic nitrogens is 6. The van der Waals surface area contributed by atoms with Crippen molar-refractivity contribution in [3.63, 3.8) is 0 Å². The van der Waals surface area contributed by atoms with Crippen molar-refractivity contribution in [2.45, 2.75) is 32.1 Å². The summed E-state index contributed by atoms with van der Waals surface area (Å²) in [7, 11) is 0.326. The summed E-state index contributed by atoms with van der Waals surface area (Å²) in [6, 6.07) is 8.80. The van der Waals surface area contributed by atoms with Crippen LogP contribution in [0.5, 0.6) is 11.5 Å². The summed E-state index contributed by atoms with van der Waals surface area (Å²) in [5.41, 5.74) is 2.68. The van der Waals surface area contributed by atoms with Gasteiger partial charge in [0.05, 0.1) is 14.2 Å². The molecule has 1 N–H and O–H groups in total. The van der Waals surface area contributed by atoms with Gasteiger partial charge in [0.2, 0.25) is 16.0 Å². The Balaban J connectivity index is 1.84. The number of ether oxygens (including phenoxy) is 3. The topological polar surface area (TPSA) is 143 Å². The molecule has 0 saturated heterocycles. The first kappa shape index (κ1) is 26.9. The Kier molecular flexibility index (Phi) is 7.88. The summed E-state index contributed by atoms with van der Waals surface area (Å²) in [5.74, 6) is 1.38. The molecule has 0 fully saturated rings. The monoisotopic (exact) mass is 539 g/mol. The van der Waals surface area contributed by atoms with E-state index in [9.17, 15) is 8.42 Å². The van der Waals surface area contributed by atoms with Crippen LogP contribution in [0.2, 0.25) is 0 Å². The van der Waals surface area contributed by atoms with E-state index < -0.39 is 21.4 Å². The summed E-state index contributed by atoms with van der Waals surface area (Å²) >= 11 is 0. The molecular weight excluding hydrogens is 510 g/mol. The highest BCUT2D eigenvalue weighted by Crippen LogP contribution is 2.38. The molecule has 2 atom stereocenters. The number of sulfonamides is 1. The lowest BCUT2D eigenvalue weighted by molar-refractivity contribution is 0.0949. The Bertz CT molecular complexity index is 1500. The van der Waals surface area contributed by atoms with Crippen LogP contribution in [0.1, 0.15) is 30.1 Å². The van der Waals surface area contributed by atoms with Crippen LogP contribution in [-0.4, -0.2) is 64.7 Å². The van der Waals surface area contributed by atoms with Crippen molar-refractivity contribution in [2.24, 2.45) is 0 Å². The molecule has 0 spiro atoms. The van der Waals surface area contributed by atoms with Gasteiger partial charge in [0.25, 0.3) is 0 Å². The number of para-hydroxylation sites is 1. The number of aryl methyl sites for hydroxylation is 2. The summed E-state index contributed by atoms with van der Waals surface area (Å²) in [6.07, 6.45) is 3.91. The number of rotatable bonds is 10. The highest BCUT2D eigenvalue weighted by atomic mass is 32.2. The van der Waals surface area contributed by atoms with Crippen LogP contribution in [0, 0.1) is 13.8 Å². The maximum atomic E-state index is 13.6. The zero-order valence-corrected chi connectivity index (χ0v) is 22.7. The van der Waals surface area contributed by atoms with E-state index in [0.717, 1.165) is 11.3 Å². The first-order chi connectivity index (χ1) is 18.2. The molecule has 2 unspecified atom stereocenters. The largest absolute Gasteiger partial charge is 0.494 e. The zero-order valence-electron chi connectivity index (χ0n) is 21.9. The Hall–Kier alpha value is -4.10. The fourth-order valence-corrected chi connectivity index (χ4v) is 5.06. The minimum absolute atomic E-state index is 0.0659. The second-order valence-corrected chi connectivity index (χ2v) is 10.5. The molecule has 38 heavy (non-hydrogen) atoms. The standard InChI is InChI=1S/C25H29N7O5S/c1-15-13-27-23(28-14-15)22(37-6)17(3)38(33,34)31-25-30-29-24(18-10-11-26-16(2)12-18)32(25)21-19(35-4)8-7-9-20(21)36-5/h7-14,17,22H,1-6H3,(H,30,31). The molecule has 3 heterocycles. The minimum atomic E-state index is -4.10. The van der Waals surface area contributed by atoms with Crippen LogP contribution in [0.25, 0.3) is 17.1 Å². The lowest BCUT2D eigenvalue weighted by Gasteiger charge is -2.23. The third kappa shape index (κ3) is 5.29. The van der Waals surface area contributed by atoms with Crippen molar-refractivity contribution in [2.75, 3.05) is 26.1 Å². The van der Waals surface area contributed by atoms with E-state index >= 15 is 0 Å². The van der Waals surface area contributed by atoms with Crippen molar-refractivity contribution < 1.29 is 22.6 Å². The van der Waals surface area contributed by atoms with Gasteiger partial charge in [-0.1, -0.05) is 6.07 Å². The van der Waals surface area contributed by atoms with Gasteiger partial charge in [-0.2, -0.15) is 0 Å². The van der Waals surface area contributed by atoms with Crippen LogP contribution in [0.15, 0.2) is 48.9 Å². The first-order valence-electron chi connectivity index (χ1n) is 11.6. The minimum Gasteiger partial charge on any atom is -0.494 e. The Morgan fingerprint density at radius 2 is 1.61 bits per heavy atom. The summed E-state index contributed by atoms with van der Waals surface area (Å²) in [4.78, 5) is 12.7. The van der Waals surface area contributed by atoms with Crippen LogP contribution >= 0.6 is 0 Å². The number of hydrogen-bond donors (Lipinski definition) is 1. The van der Waals surface area contributed by atoms with Crippen molar-refractivity contribution >= 4 is 16.0 Å². The van der Waals surface area contributed by atoms with Crippen LogP contribution in [0.4, 0.5) is 5.95 Å². The smallest absolute Gasteiger partial charge is 0.243 e. The molecule has 1 aromatic carbocycles.